The third-order valence-corrected chi connectivity index (χ3v) is 21.0. The Bertz CT molecular complexity index is 3930. The monoisotopic (exact) mass is 1380 g/mol. The summed E-state index contributed by atoms with van der Waals surface area (Å²) in [6, 6.07) is 29.7. The largest absolute Gasteiger partial charge is 0.447 e. The molecule has 2 unspecified atom stereocenters. The molecule has 0 N–H and O–H groups in total. The lowest BCUT2D eigenvalue weighted by Gasteiger charge is -2.44. The summed E-state index contributed by atoms with van der Waals surface area (Å²) in [5, 5.41) is 0. The Kier molecular flexibility index (Phi) is 22.7. The zero-order valence-electron chi connectivity index (χ0n) is 59.4. The summed E-state index contributed by atoms with van der Waals surface area (Å²) in [5.74, 6) is -0.753. The summed E-state index contributed by atoms with van der Waals surface area (Å²) >= 11 is 0. The quantitative estimate of drug-likeness (QED) is 0.0442. The van der Waals surface area contributed by atoms with Crippen molar-refractivity contribution in [3.8, 4) is 69.0 Å². The molecule has 6 aromatic rings. The van der Waals surface area contributed by atoms with Crippen LogP contribution >= 0.6 is 24.6 Å². The van der Waals surface area contributed by atoms with Crippen LogP contribution in [0.5, 0.6) is 69.0 Å². The zero-order chi connectivity index (χ0) is 71.6. The van der Waals surface area contributed by atoms with Gasteiger partial charge < -0.3 is 56.2 Å². The third-order valence-electron chi connectivity index (χ3n) is 14.1. The van der Waals surface area contributed by atoms with Gasteiger partial charge >= 0.3 is 60.4 Å². The minimum Gasteiger partial charge on any atom is -0.440 e. The summed E-state index contributed by atoms with van der Waals surface area (Å²) in [7, 11) is -10.5. The van der Waals surface area contributed by atoms with E-state index >= 15 is 0 Å². The first-order chi connectivity index (χ1) is 44.2. The average Bonchev–Trinajstić information content (AvgIpc) is 0.731. The molecule has 2 atom stereocenters. The number of carbonyl (C=O) groups excluding carboxylic acids is 6. The molecule has 1 aliphatic rings. The van der Waals surface area contributed by atoms with Crippen molar-refractivity contribution in [3.63, 3.8) is 0 Å². The number of rotatable bonds is 18. The number of carbonyl (C=O) groups is 6. The Hall–Kier alpha value is -8.05. The van der Waals surface area contributed by atoms with Gasteiger partial charge in [0, 0.05) is 84.1 Å². The van der Waals surface area contributed by atoms with E-state index in [2.05, 4.69) is 0 Å². The smallest absolute Gasteiger partial charge is 0.440 e. The molecule has 21 nitrogen and oxygen atoms in total. The molecule has 7 rings (SSSR count). The molecule has 0 aromatic heterocycles. The Morgan fingerprint density at radius 2 is 0.552 bits per heavy atom. The Labute approximate surface area is 566 Å². The highest BCUT2D eigenvalue weighted by Gasteiger charge is 2.59. The molecule has 24 heteroatoms. The molecule has 1 aliphatic heterocycles. The van der Waals surface area contributed by atoms with Crippen LogP contribution in [0.1, 0.15) is 200 Å². The molecule has 0 bridgehead atoms. The van der Waals surface area contributed by atoms with E-state index in [1.165, 1.54) is 50.8 Å². The summed E-state index contributed by atoms with van der Waals surface area (Å²) in [4.78, 5) is 91.3. The van der Waals surface area contributed by atoms with E-state index in [1.54, 1.807) is 109 Å². The highest BCUT2D eigenvalue weighted by molar-refractivity contribution is 7.78. The molecule has 0 amide bonds. The van der Waals surface area contributed by atoms with Crippen molar-refractivity contribution < 1.29 is 85.0 Å². The summed E-state index contributed by atoms with van der Waals surface area (Å²) < 4.78 is 73.5. The Balaban J connectivity index is 1.74. The van der Waals surface area contributed by atoms with Crippen molar-refractivity contribution in [3.05, 3.63) is 143 Å². The SMILES string of the molecule is CC(=O)Oc1ccc(ON2P(Oc3ccc(OC(C)=O)c(C(C)(C)C)c3)N=P(Oc3ccc(OC(C)=O)c(C(C)(C)C)c3)(Oc3ccc(OC(C)=O)c(C(C)(C)C)c3)N(Oc3ccc(OC(C)=O)c(C(C)(C)C)c3)P2Oc2ccc(OC(C)=O)c(C(C)(C)C)c2)cc1C(C)(C)C. The normalized spacial score (nSPS) is 15.4. The fraction of sp³-hybridized carbons (Fsp3) is 0.417. The van der Waals surface area contributed by atoms with Crippen LogP contribution in [-0.2, 0) is 61.3 Å². The lowest BCUT2D eigenvalue weighted by molar-refractivity contribution is -0.132. The van der Waals surface area contributed by atoms with Gasteiger partial charge in [-0.3, -0.25) is 28.8 Å². The van der Waals surface area contributed by atoms with Crippen LogP contribution in [0.25, 0.3) is 0 Å². The maximum atomic E-state index is 12.8. The average molecular weight is 1380 g/mol. The van der Waals surface area contributed by atoms with Crippen LogP contribution in [0, 0.1) is 0 Å². The third kappa shape index (κ3) is 19.4. The number of ether oxygens (including phenoxy) is 6. The molecular formula is C72H90N3O18P3. The number of benzene rings is 6. The lowest BCUT2D eigenvalue weighted by Crippen LogP contribution is -2.37. The first-order valence-corrected chi connectivity index (χ1v) is 35.0. The minimum absolute atomic E-state index is 0.129. The topological polar surface area (TPSA) is 232 Å². The van der Waals surface area contributed by atoms with Gasteiger partial charge in [-0.1, -0.05) is 125 Å². The van der Waals surface area contributed by atoms with Crippen molar-refractivity contribution in [2.75, 3.05) is 0 Å². The summed E-state index contributed by atoms with van der Waals surface area (Å²) in [6.45, 7) is 43.0. The van der Waals surface area contributed by atoms with Crippen LogP contribution in [0.2, 0.25) is 0 Å². The molecule has 516 valence electrons. The maximum absolute atomic E-state index is 12.8. The van der Waals surface area contributed by atoms with Gasteiger partial charge in [0.2, 0.25) is 0 Å². The van der Waals surface area contributed by atoms with Gasteiger partial charge in [0.15, 0.2) is 0 Å². The van der Waals surface area contributed by atoms with E-state index in [0.717, 1.165) is 0 Å². The Morgan fingerprint density at radius 1 is 0.323 bits per heavy atom. The molecule has 6 aromatic carbocycles. The predicted molar refractivity (Wildman–Crippen MR) is 369 cm³/mol. The molecule has 1 heterocycles. The minimum atomic E-state index is -4.74. The molecule has 0 spiro atoms. The summed E-state index contributed by atoms with van der Waals surface area (Å²) in [5.41, 5.74) is -0.700. The predicted octanol–water partition coefficient (Wildman–Crippen LogP) is 18.6. The second-order valence-electron chi connectivity index (χ2n) is 29.1. The van der Waals surface area contributed by atoms with E-state index < -0.39 is 92.9 Å². The van der Waals surface area contributed by atoms with Gasteiger partial charge in [-0.05, 0) is 142 Å². The molecule has 0 radical (unpaired) electrons. The highest BCUT2D eigenvalue weighted by Crippen LogP contribution is 2.78. The highest BCUT2D eigenvalue weighted by atomic mass is 31.3. The van der Waals surface area contributed by atoms with E-state index in [0.29, 0.717) is 33.4 Å². The molecule has 0 fully saturated rings. The molecule has 0 aliphatic carbocycles. The molecule has 0 saturated heterocycles. The van der Waals surface area contributed by atoms with Crippen molar-refractivity contribution in [2.24, 2.45) is 4.52 Å². The zero-order valence-corrected chi connectivity index (χ0v) is 62.1. The second-order valence-corrected chi connectivity index (χ2v) is 34.7. The van der Waals surface area contributed by atoms with E-state index in [-0.39, 0.29) is 69.0 Å². The van der Waals surface area contributed by atoms with Crippen LogP contribution in [0.4, 0.5) is 0 Å². The van der Waals surface area contributed by atoms with Crippen molar-refractivity contribution >= 4 is 60.4 Å². The first-order valence-electron chi connectivity index (χ1n) is 31.1. The van der Waals surface area contributed by atoms with Crippen LogP contribution < -0.4 is 56.2 Å². The molecule has 0 saturated carbocycles. The first kappa shape index (κ1) is 75.3. The van der Waals surface area contributed by atoms with Crippen LogP contribution in [0.15, 0.2) is 114 Å². The number of esters is 6. The molecule has 96 heavy (non-hydrogen) atoms. The van der Waals surface area contributed by atoms with Gasteiger partial charge in [-0.2, -0.15) is 0 Å². The summed E-state index contributed by atoms with van der Waals surface area (Å²) in [6.07, 6.45) is 0. The van der Waals surface area contributed by atoms with E-state index in [9.17, 15) is 28.8 Å². The number of hydrogen-bond donors (Lipinski definition) is 0. The van der Waals surface area contributed by atoms with Gasteiger partial charge in [0.05, 0.1) is 0 Å². The van der Waals surface area contributed by atoms with Gasteiger partial charge in [-0.25, -0.2) is 0 Å². The van der Waals surface area contributed by atoms with Crippen molar-refractivity contribution in [1.29, 1.82) is 0 Å². The number of hydrogen-bond acceptors (Lipinski definition) is 21. The standard InChI is InChI=1S/C72H90N3O18P3/c1-43(76)82-61-31-25-49(37-55(61)67(7,8)9)88-74-94(90-51-27-33-63(84-45(3)78)57(39-51)69(13,14)15)73-96(92-53-29-35-65(86-47(5)80)59(41-53)71(19,20)21,93-54-30-36-66(87-48(6)81)60(42-54)72(22,23)24)75(89-50-26-32-62(83-44(2)77)56(38-50)68(10,11)12)95(74)91-52-28-34-64(85-46(4)79)58(40-52)70(16,17)18/h25-42H,1-24H3. The maximum Gasteiger partial charge on any atom is 0.447 e. The Morgan fingerprint density at radius 3 is 0.823 bits per heavy atom. The van der Waals surface area contributed by atoms with Crippen LogP contribution in [0.3, 0.4) is 0 Å². The second kappa shape index (κ2) is 29.0. The molecular weight excluding hydrogens is 1290 g/mol. The van der Waals surface area contributed by atoms with Crippen molar-refractivity contribution in [1.82, 2.24) is 9.21 Å². The van der Waals surface area contributed by atoms with Gasteiger partial charge in [-0.15, -0.1) is 4.52 Å². The van der Waals surface area contributed by atoms with Crippen molar-refractivity contribution in [2.45, 2.75) is 199 Å². The fourth-order valence-corrected chi connectivity index (χ4v) is 17.3. The van der Waals surface area contributed by atoms with Crippen LogP contribution in [-0.4, -0.2) is 45.0 Å². The van der Waals surface area contributed by atoms with Gasteiger partial charge in [0.1, 0.15) is 69.0 Å². The van der Waals surface area contributed by atoms with E-state index in [1.807, 2.05) is 125 Å². The lowest BCUT2D eigenvalue weighted by atomic mass is 9.86. The van der Waals surface area contributed by atoms with E-state index in [4.69, 9.17) is 60.7 Å². The fourth-order valence-electron chi connectivity index (χ4n) is 9.82. The van der Waals surface area contributed by atoms with Gasteiger partial charge in [0.25, 0.3) is 0 Å². The number of nitrogens with zero attached hydrogens (tertiary/aromatic N) is 3.